The van der Waals surface area contributed by atoms with Gasteiger partial charge in [0.15, 0.2) is 0 Å². The first-order valence-corrected chi connectivity index (χ1v) is 8.99. The van der Waals surface area contributed by atoms with Crippen LogP contribution < -0.4 is 5.32 Å². The third-order valence-electron chi connectivity index (χ3n) is 3.74. The van der Waals surface area contributed by atoms with Gasteiger partial charge in [-0.25, -0.2) is 13.4 Å². The van der Waals surface area contributed by atoms with Crippen LogP contribution in [0.4, 0.5) is 5.82 Å². The Morgan fingerprint density at radius 2 is 2.00 bits per heavy atom. The molecule has 0 saturated carbocycles. The summed E-state index contributed by atoms with van der Waals surface area (Å²) in [6.07, 6.45) is 1.60. The number of nitrogens with one attached hydrogen (secondary N) is 1. The number of aromatic nitrogens is 1. The van der Waals surface area contributed by atoms with Gasteiger partial charge < -0.3 is 5.32 Å². The van der Waals surface area contributed by atoms with Gasteiger partial charge >= 0.3 is 0 Å². The fourth-order valence-corrected chi connectivity index (χ4v) is 4.60. The molecule has 2 heterocycles. The van der Waals surface area contributed by atoms with Crippen LogP contribution in [0.25, 0.3) is 0 Å². The van der Waals surface area contributed by atoms with Gasteiger partial charge in [0.05, 0.1) is 0 Å². The van der Waals surface area contributed by atoms with Crippen molar-refractivity contribution < 1.29 is 8.42 Å². The van der Waals surface area contributed by atoms with E-state index < -0.39 is 10.0 Å². The van der Waals surface area contributed by atoms with Gasteiger partial charge in [-0.2, -0.15) is 4.31 Å². The molecule has 1 N–H and O–H groups in total. The maximum atomic E-state index is 12.8. The molecule has 112 valence electrons. The van der Waals surface area contributed by atoms with Crippen molar-refractivity contribution in [1.29, 1.82) is 0 Å². The molecule has 0 amide bonds. The minimum atomic E-state index is -3.50. The van der Waals surface area contributed by atoms with Crippen LogP contribution in [0.15, 0.2) is 21.6 Å². The highest BCUT2D eigenvalue weighted by atomic mass is 79.9. The SMILES string of the molecule is CCNc1ncc(Br)cc1S(=O)(=O)N1CC(C)C(C)C1. The number of pyridine rings is 1. The first kappa shape index (κ1) is 15.7. The van der Waals surface area contributed by atoms with Crippen LogP contribution in [0.2, 0.25) is 0 Å². The molecule has 0 spiro atoms. The monoisotopic (exact) mass is 361 g/mol. The quantitative estimate of drug-likeness (QED) is 0.894. The van der Waals surface area contributed by atoms with Gasteiger partial charge in [0.2, 0.25) is 10.0 Å². The maximum Gasteiger partial charge on any atom is 0.246 e. The summed E-state index contributed by atoms with van der Waals surface area (Å²) in [5.41, 5.74) is 0. The summed E-state index contributed by atoms with van der Waals surface area (Å²) >= 11 is 3.30. The third-order valence-corrected chi connectivity index (χ3v) is 6.01. The fraction of sp³-hybridized carbons (Fsp3) is 0.615. The summed E-state index contributed by atoms with van der Waals surface area (Å²) in [4.78, 5) is 4.43. The van der Waals surface area contributed by atoms with E-state index in [9.17, 15) is 8.42 Å². The van der Waals surface area contributed by atoms with E-state index in [0.717, 1.165) is 0 Å². The second-order valence-electron chi connectivity index (χ2n) is 5.31. The van der Waals surface area contributed by atoms with Crippen LogP contribution in [0.3, 0.4) is 0 Å². The van der Waals surface area contributed by atoms with E-state index in [0.29, 0.717) is 41.8 Å². The molecule has 1 aliphatic heterocycles. The molecule has 2 rings (SSSR count). The predicted octanol–water partition coefficient (Wildman–Crippen LogP) is 2.55. The molecule has 1 aromatic heterocycles. The van der Waals surface area contributed by atoms with Crippen molar-refractivity contribution in [1.82, 2.24) is 9.29 Å². The Kier molecular flexibility index (Phi) is 4.71. The van der Waals surface area contributed by atoms with Gasteiger partial charge in [-0.3, -0.25) is 0 Å². The number of anilines is 1. The lowest BCUT2D eigenvalue weighted by Gasteiger charge is -2.18. The van der Waals surface area contributed by atoms with Crippen molar-refractivity contribution in [2.24, 2.45) is 11.8 Å². The standard InChI is InChI=1S/C13H20BrN3O2S/c1-4-15-13-12(5-11(14)6-16-13)20(18,19)17-7-9(2)10(3)8-17/h5-6,9-10H,4,7-8H2,1-3H3,(H,15,16). The number of hydrogen-bond acceptors (Lipinski definition) is 4. The summed E-state index contributed by atoms with van der Waals surface area (Å²) in [6.45, 7) is 7.86. The highest BCUT2D eigenvalue weighted by Crippen LogP contribution is 2.31. The van der Waals surface area contributed by atoms with E-state index >= 15 is 0 Å². The Balaban J connectivity index is 2.41. The van der Waals surface area contributed by atoms with Crippen LogP contribution in [0, 0.1) is 11.8 Å². The summed E-state index contributed by atoms with van der Waals surface area (Å²) in [5, 5.41) is 3.02. The third kappa shape index (κ3) is 2.99. The van der Waals surface area contributed by atoms with Crippen LogP contribution in [0.1, 0.15) is 20.8 Å². The Labute approximate surface area is 129 Å². The van der Waals surface area contributed by atoms with Crippen molar-refractivity contribution in [2.45, 2.75) is 25.7 Å². The second kappa shape index (κ2) is 5.99. The first-order chi connectivity index (χ1) is 9.36. The maximum absolute atomic E-state index is 12.8. The van der Waals surface area contributed by atoms with Crippen LogP contribution in [-0.2, 0) is 10.0 Å². The molecule has 2 atom stereocenters. The molecule has 7 heteroatoms. The van der Waals surface area contributed by atoms with Crippen LogP contribution in [-0.4, -0.2) is 37.3 Å². The number of hydrogen-bond donors (Lipinski definition) is 1. The molecule has 2 unspecified atom stereocenters. The molecule has 1 aliphatic rings. The van der Waals surface area contributed by atoms with E-state index in [-0.39, 0.29) is 4.90 Å². The van der Waals surface area contributed by atoms with Gasteiger partial charge in [0, 0.05) is 30.3 Å². The van der Waals surface area contributed by atoms with E-state index in [1.54, 1.807) is 16.6 Å². The van der Waals surface area contributed by atoms with Gasteiger partial charge in [-0.15, -0.1) is 0 Å². The Morgan fingerprint density at radius 3 is 2.55 bits per heavy atom. The van der Waals surface area contributed by atoms with Crippen LogP contribution in [0.5, 0.6) is 0 Å². The number of rotatable bonds is 4. The Morgan fingerprint density at radius 1 is 1.40 bits per heavy atom. The van der Waals surface area contributed by atoms with E-state index in [2.05, 4.69) is 40.1 Å². The van der Waals surface area contributed by atoms with E-state index in [1.807, 2.05) is 6.92 Å². The summed E-state index contributed by atoms with van der Waals surface area (Å²) in [5.74, 6) is 1.18. The lowest BCUT2D eigenvalue weighted by atomic mass is 10.0. The second-order valence-corrected chi connectivity index (χ2v) is 8.13. The largest absolute Gasteiger partial charge is 0.369 e. The average Bonchev–Trinajstić information content (AvgIpc) is 2.73. The van der Waals surface area contributed by atoms with Gasteiger partial charge in [0.25, 0.3) is 0 Å². The highest BCUT2D eigenvalue weighted by Gasteiger charge is 2.36. The Hall–Kier alpha value is -0.660. The van der Waals surface area contributed by atoms with Gasteiger partial charge in [-0.1, -0.05) is 13.8 Å². The lowest BCUT2D eigenvalue weighted by molar-refractivity contribution is 0.463. The Bertz CT molecular complexity index is 581. The minimum Gasteiger partial charge on any atom is -0.369 e. The zero-order chi connectivity index (χ0) is 14.9. The highest BCUT2D eigenvalue weighted by molar-refractivity contribution is 9.10. The normalized spacial score (nSPS) is 24.0. The van der Waals surface area contributed by atoms with Crippen LogP contribution >= 0.6 is 15.9 Å². The summed E-state index contributed by atoms with van der Waals surface area (Å²) in [6, 6.07) is 1.62. The summed E-state index contributed by atoms with van der Waals surface area (Å²) < 4.78 is 27.8. The number of sulfonamides is 1. The molecule has 0 radical (unpaired) electrons. The van der Waals surface area contributed by atoms with Crippen molar-refractivity contribution in [2.75, 3.05) is 25.0 Å². The van der Waals surface area contributed by atoms with Gasteiger partial charge in [0.1, 0.15) is 10.7 Å². The van der Waals surface area contributed by atoms with E-state index in [4.69, 9.17) is 0 Å². The zero-order valence-corrected chi connectivity index (χ0v) is 14.3. The molecule has 0 aromatic carbocycles. The fourth-order valence-electron chi connectivity index (χ4n) is 2.33. The van der Waals surface area contributed by atoms with Crippen molar-refractivity contribution in [3.63, 3.8) is 0 Å². The molecule has 1 fully saturated rings. The smallest absolute Gasteiger partial charge is 0.246 e. The molecule has 20 heavy (non-hydrogen) atoms. The van der Waals surface area contributed by atoms with E-state index in [1.165, 1.54) is 0 Å². The van der Waals surface area contributed by atoms with Crippen molar-refractivity contribution >= 4 is 31.8 Å². The predicted molar refractivity (Wildman–Crippen MR) is 83.2 cm³/mol. The topological polar surface area (TPSA) is 62.3 Å². The molecule has 0 bridgehead atoms. The first-order valence-electron chi connectivity index (χ1n) is 6.75. The zero-order valence-electron chi connectivity index (χ0n) is 11.9. The lowest BCUT2D eigenvalue weighted by Crippen LogP contribution is -2.30. The summed E-state index contributed by atoms with van der Waals surface area (Å²) in [7, 11) is -3.50. The van der Waals surface area contributed by atoms with Gasteiger partial charge in [-0.05, 0) is 40.8 Å². The molecule has 0 aliphatic carbocycles. The molecular formula is C13H20BrN3O2S. The average molecular weight is 362 g/mol. The molecule has 5 nitrogen and oxygen atoms in total. The number of nitrogens with zero attached hydrogens (tertiary/aromatic N) is 2. The molecule has 1 aromatic rings. The molecular weight excluding hydrogens is 342 g/mol. The van der Waals surface area contributed by atoms with Crippen molar-refractivity contribution in [3.05, 3.63) is 16.7 Å². The molecule has 1 saturated heterocycles. The minimum absolute atomic E-state index is 0.245. The van der Waals surface area contributed by atoms with Crippen molar-refractivity contribution in [3.8, 4) is 0 Å². The number of halogens is 1.